The minimum absolute atomic E-state index is 0.0159. The van der Waals surface area contributed by atoms with E-state index in [1.165, 1.54) is 12.1 Å². The van der Waals surface area contributed by atoms with Crippen LogP contribution in [0.3, 0.4) is 0 Å². The molecule has 0 radical (unpaired) electrons. The molecule has 1 heterocycles. The number of hydrogen-bond acceptors (Lipinski definition) is 3. The molecule has 0 N–H and O–H groups in total. The number of piperidine rings is 1. The molecular formula is C25H25F3N2O3S. The number of nitrogens with zero attached hydrogens (tertiary/aromatic N) is 2. The number of alkyl halides is 3. The lowest BCUT2D eigenvalue weighted by atomic mass is 9.95. The normalized spacial score (nSPS) is 16.0. The number of fused-ring (bicyclic) bond motifs is 1. The number of hydrogen-bond donors (Lipinski definition) is 0. The molecule has 0 aromatic heterocycles. The second-order valence-electron chi connectivity index (χ2n) is 8.25. The van der Waals surface area contributed by atoms with Crippen LogP contribution in [0.4, 0.5) is 18.9 Å². The summed E-state index contributed by atoms with van der Waals surface area (Å²) in [6.07, 6.45) is -4.29. The monoisotopic (exact) mass is 490 g/mol. The first-order valence-corrected chi connectivity index (χ1v) is 12.5. The maximum Gasteiger partial charge on any atom is 0.417 e. The van der Waals surface area contributed by atoms with Crippen molar-refractivity contribution < 1.29 is 26.4 Å². The first-order chi connectivity index (χ1) is 16.1. The predicted molar refractivity (Wildman–Crippen MR) is 125 cm³/mol. The van der Waals surface area contributed by atoms with Crippen molar-refractivity contribution in [1.82, 2.24) is 4.31 Å². The Kier molecular flexibility index (Phi) is 6.69. The van der Waals surface area contributed by atoms with E-state index in [-0.39, 0.29) is 31.8 Å². The molecule has 34 heavy (non-hydrogen) atoms. The molecule has 180 valence electrons. The number of sulfonamides is 1. The van der Waals surface area contributed by atoms with E-state index in [0.717, 1.165) is 32.9 Å². The van der Waals surface area contributed by atoms with Crippen molar-refractivity contribution in [3.8, 4) is 0 Å². The van der Waals surface area contributed by atoms with Crippen molar-refractivity contribution in [2.45, 2.75) is 30.8 Å². The van der Waals surface area contributed by atoms with Gasteiger partial charge in [-0.15, -0.1) is 0 Å². The highest BCUT2D eigenvalue weighted by molar-refractivity contribution is 7.89. The van der Waals surface area contributed by atoms with Gasteiger partial charge in [0, 0.05) is 30.9 Å². The van der Waals surface area contributed by atoms with Gasteiger partial charge in [0.05, 0.1) is 16.1 Å². The molecule has 9 heteroatoms. The molecule has 1 saturated heterocycles. The van der Waals surface area contributed by atoms with Gasteiger partial charge in [0.15, 0.2) is 0 Å². The molecule has 1 aliphatic heterocycles. The van der Waals surface area contributed by atoms with Crippen LogP contribution < -0.4 is 4.90 Å². The van der Waals surface area contributed by atoms with Gasteiger partial charge >= 0.3 is 6.18 Å². The van der Waals surface area contributed by atoms with Crippen molar-refractivity contribution in [3.05, 3.63) is 72.3 Å². The van der Waals surface area contributed by atoms with Crippen LogP contribution in [0.1, 0.15) is 25.3 Å². The minimum atomic E-state index is -4.78. The number of carbonyl (C=O) groups excluding carboxylic acids is 1. The Morgan fingerprint density at radius 2 is 1.59 bits per heavy atom. The predicted octanol–water partition coefficient (Wildman–Crippen LogP) is 5.31. The number of benzene rings is 3. The Morgan fingerprint density at radius 1 is 0.971 bits per heavy atom. The highest BCUT2D eigenvalue weighted by atomic mass is 32.2. The summed E-state index contributed by atoms with van der Waals surface area (Å²) in [5, 5.41) is 1.96. The van der Waals surface area contributed by atoms with Gasteiger partial charge in [0.25, 0.3) is 0 Å². The summed E-state index contributed by atoms with van der Waals surface area (Å²) in [5.74, 6) is -0.519. The third-order valence-electron chi connectivity index (χ3n) is 6.25. The van der Waals surface area contributed by atoms with E-state index < -0.39 is 32.6 Å². The highest BCUT2D eigenvalue weighted by Crippen LogP contribution is 2.36. The lowest BCUT2D eigenvalue weighted by Gasteiger charge is -2.34. The molecule has 1 fully saturated rings. The van der Waals surface area contributed by atoms with Crippen LogP contribution in [0.5, 0.6) is 0 Å². The van der Waals surface area contributed by atoms with Gasteiger partial charge in [-0.2, -0.15) is 17.5 Å². The Bertz CT molecular complexity index is 1290. The van der Waals surface area contributed by atoms with Crippen LogP contribution in [-0.4, -0.2) is 38.3 Å². The fraction of sp³-hybridized carbons (Fsp3) is 0.320. The summed E-state index contributed by atoms with van der Waals surface area (Å²) in [6, 6.07) is 17.7. The second kappa shape index (κ2) is 9.38. The first kappa shape index (κ1) is 24.2. The molecule has 5 nitrogen and oxygen atoms in total. The number of amides is 1. The highest BCUT2D eigenvalue weighted by Gasteiger charge is 2.40. The van der Waals surface area contributed by atoms with Gasteiger partial charge in [-0.25, -0.2) is 8.42 Å². The third-order valence-corrected chi connectivity index (χ3v) is 8.21. The molecule has 4 rings (SSSR count). The van der Waals surface area contributed by atoms with Crippen molar-refractivity contribution >= 4 is 32.4 Å². The van der Waals surface area contributed by atoms with Crippen molar-refractivity contribution in [1.29, 1.82) is 0 Å². The van der Waals surface area contributed by atoms with Gasteiger partial charge in [-0.1, -0.05) is 48.5 Å². The quantitative estimate of drug-likeness (QED) is 0.487. The number of carbonyl (C=O) groups is 1. The second-order valence-corrected chi connectivity index (χ2v) is 10.2. The number of rotatable bonds is 5. The summed E-state index contributed by atoms with van der Waals surface area (Å²) >= 11 is 0. The summed E-state index contributed by atoms with van der Waals surface area (Å²) in [6.45, 7) is 2.30. The topological polar surface area (TPSA) is 57.7 Å². The molecular weight excluding hydrogens is 465 g/mol. The van der Waals surface area contributed by atoms with Crippen LogP contribution in [0, 0.1) is 5.92 Å². The maximum absolute atomic E-state index is 13.4. The van der Waals surface area contributed by atoms with E-state index in [2.05, 4.69) is 0 Å². The van der Waals surface area contributed by atoms with Crippen LogP contribution in [0.25, 0.3) is 10.8 Å². The van der Waals surface area contributed by atoms with E-state index in [9.17, 15) is 26.4 Å². The zero-order valence-electron chi connectivity index (χ0n) is 18.6. The molecule has 0 spiro atoms. The lowest BCUT2D eigenvalue weighted by Crippen LogP contribution is -2.44. The fourth-order valence-electron chi connectivity index (χ4n) is 4.52. The minimum Gasteiger partial charge on any atom is -0.312 e. The zero-order chi connectivity index (χ0) is 24.5. The SMILES string of the molecule is CCN(C(=O)C1CCN(S(=O)(=O)c2ccccc2C(F)(F)F)CC1)c1cccc2ccccc12. The Balaban J connectivity index is 1.53. The van der Waals surface area contributed by atoms with E-state index in [1.54, 1.807) is 4.90 Å². The molecule has 1 aliphatic rings. The zero-order valence-corrected chi connectivity index (χ0v) is 19.4. The van der Waals surface area contributed by atoms with Crippen LogP contribution in [0.2, 0.25) is 0 Å². The van der Waals surface area contributed by atoms with Crippen LogP contribution in [0.15, 0.2) is 71.6 Å². The molecule has 0 unspecified atom stereocenters. The summed E-state index contributed by atoms with van der Waals surface area (Å²) in [7, 11) is -4.34. The maximum atomic E-state index is 13.4. The van der Waals surface area contributed by atoms with Crippen molar-refractivity contribution in [2.75, 3.05) is 24.5 Å². The molecule has 0 saturated carbocycles. The van der Waals surface area contributed by atoms with E-state index in [1.807, 2.05) is 49.4 Å². The first-order valence-electron chi connectivity index (χ1n) is 11.1. The van der Waals surface area contributed by atoms with Gasteiger partial charge in [0.1, 0.15) is 0 Å². The van der Waals surface area contributed by atoms with Gasteiger partial charge in [-0.3, -0.25) is 4.79 Å². The fourth-order valence-corrected chi connectivity index (χ4v) is 6.20. The van der Waals surface area contributed by atoms with Crippen molar-refractivity contribution in [2.24, 2.45) is 5.92 Å². The van der Waals surface area contributed by atoms with Gasteiger partial charge in [0.2, 0.25) is 15.9 Å². The molecule has 0 aliphatic carbocycles. The van der Waals surface area contributed by atoms with Gasteiger partial charge in [-0.05, 0) is 43.4 Å². The lowest BCUT2D eigenvalue weighted by molar-refractivity contribution is -0.139. The molecule has 0 bridgehead atoms. The summed E-state index contributed by atoms with van der Waals surface area (Å²) < 4.78 is 67.2. The molecule has 3 aromatic rings. The third kappa shape index (κ3) is 4.54. The average molecular weight is 491 g/mol. The Labute approximate surface area is 196 Å². The largest absolute Gasteiger partial charge is 0.417 e. The average Bonchev–Trinajstić information content (AvgIpc) is 2.84. The summed E-state index contributed by atoms with van der Waals surface area (Å²) in [5.41, 5.74) is -0.388. The summed E-state index contributed by atoms with van der Waals surface area (Å²) in [4.78, 5) is 14.3. The van der Waals surface area contributed by atoms with Crippen LogP contribution >= 0.6 is 0 Å². The number of halogens is 3. The molecule has 1 amide bonds. The smallest absolute Gasteiger partial charge is 0.312 e. The van der Waals surface area contributed by atoms with E-state index in [4.69, 9.17) is 0 Å². The van der Waals surface area contributed by atoms with E-state index >= 15 is 0 Å². The molecule has 3 aromatic carbocycles. The van der Waals surface area contributed by atoms with Crippen LogP contribution in [-0.2, 0) is 21.0 Å². The Morgan fingerprint density at radius 3 is 2.26 bits per heavy atom. The van der Waals surface area contributed by atoms with Gasteiger partial charge < -0.3 is 4.90 Å². The van der Waals surface area contributed by atoms with E-state index in [0.29, 0.717) is 6.54 Å². The van der Waals surface area contributed by atoms with Crippen molar-refractivity contribution in [3.63, 3.8) is 0 Å². The molecule has 0 atom stereocenters. The number of anilines is 1. The standard InChI is InChI=1S/C25H25F3N2O3S/c1-2-30(22-12-7-9-18-8-3-4-10-20(18)22)24(31)19-14-16-29(17-15-19)34(32,33)23-13-6-5-11-21(23)25(26,27)28/h3-13,19H,2,14-17H2,1H3. The Hall–Kier alpha value is -2.91.